The lowest BCUT2D eigenvalue weighted by Crippen LogP contribution is -1.99. The summed E-state index contributed by atoms with van der Waals surface area (Å²) in [5.74, 6) is 1.67. The normalized spacial score (nSPS) is 12.7. The summed E-state index contributed by atoms with van der Waals surface area (Å²) in [6.45, 7) is 0. The lowest BCUT2D eigenvalue weighted by Gasteiger charge is -2.15. The van der Waals surface area contributed by atoms with Crippen LogP contribution in [0.5, 0.6) is 11.5 Å². The third kappa shape index (κ3) is 3.13. The first-order chi connectivity index (χ1) is 13.4. The number of pyridine rings is 1. The summed E-state index contributed by atoms with van der Waals surface area (Å²) in [6.07, 6.45) is 3.33. The molecule has 0 saturated heterocycles. The van der Waals surface area contributed by atoms with E-state index in [4.69, 9.17) is 9.72 Å². The Morgan fingerprint density at radius 1 is 0.741 bits per heavy atom. The van der Waals surface area contributed by atoms with Crippen molar-refractivity contribution in [2.45, 2.75) is 19.3 Å². The molecule has 0 unspecified atom stereocenters. The molecule has 1 N–H and O–H groups in total. The number of benzene rings is 3. The number of aromatic nitrogens is 1. The van der Waals surface area contributed by atoms with Crippen molar-refractivity contribution in [2.24, 2.45) is 0 Å². The number of rotatable bonds is 4. The van der Waals surface area contributed by atoms with Crippen molar-refractivity contribution in [1.29, 1.82) is 0 Å². The van der Waals surface area contributed by atoms with E-state index in [1.807, 2.05) is 42.5 Å². The van der Waals surface area contributed by atoms with E-state index >= 15 is 0 Å². The van der Waals surface area contributed by atoms with Crippen LogP contribution in [0, 0.1) is 0 Å². The fraction of sp³-hybridized carbons (Fsp3) is 0.125. The van der Waals surface area contributed by atoms with Gasteiger partial charge in [-0.25, -0.2) is 0 Å². The first-order valence-electron chi connectivity index (χ1n) is 9.37. The number of para-hydroxylation sites is 2. The van der Waals surface area contributed by atoms with Crippen molar-refractivity contribution in [2.75, 3.05) is 5.32 Å². The number of nitrogens with one attached hydrogen (secondary N) is 1. The maximum absolute atomic E-state index is 5.89. The molecule has 0 aliphatic heterocycles. The third-order valence-corrected chi connectivity index (χ3v) is 5.02. The monoisotopic (exact) mass is 352 g/mol. The van der Waals surface area contributed by atoms with Gasteiger partial charge in [0.2, 0.25) is 0 Å². The molecule has 4 aromatic rings. The van der Waals surface area contributed by atoms with E-state index in [2.05, 4.69) is 41.7 Å². The Hall–Kier alpha value is -3.33. The smallest absolute Gasteiger partial charge is 0.127 e. The van der Waals surface area contributed by atoms with Gasteiger partial charge in [0.1, 0.15) is 11.5 Å². The molecule has 0 spiro atoms. The summed E-state index contributed by atoms with van der Waals surface area (Å²) in [5, 5.41) is 4.83. The summed E-state index contributed by atoms with van der Waals surface area (Å²) in [7, 11) is 0. The standard InChI is InChI=1S/C24H20N2O/c1-2-7-18(8-3-1)27-19-15-13-17(14-16-19)25-24-20-9-4-5-11-22(20)26-23-12-6-10-21(23)24/h1-5,7-9,11,13-16H,6,10,12H2,(H,25,26). The van der Waals surface area contributed by atoms with Crippen LogP contribution in [0.1, 0.15) is 17.7 Å². The molecule has 0 bridgehead atoms. The number of hydrogen-bond acceptors (Lipinski definition) is 3. The maximum Gasteiger partial charge on any atom is 0.127 e. The molecule has 3 nitrogen and oxygen atoms in total. The van der Waals surface area contributed by atoms with E-state index in [0.717, 1.165) is 35.5 Å². The lowest BCUT2D eigenvalue weighted by atomic mass is 10.1. The van der Waals surface area contributed by atoms with Gasteiger partial charge in [-0.15, -0.1) is 0 Å². The minimum Gasteiger partial charge on any atom is -0.457 e. The van der Waals surface area contributed by atoms with Gasteiger partial charge in [-0.3, -0.25) is 4.98 Å². The van der Waals surface area contributed by atoms with Crippen molar-refractivity contribution in [3.8, 4) is 11.5 Å². The summed E-state index contributed by atoms with van der Waals surface area (Å²) in [4.78, 5) is 4.86. The molecule has 5 rings (SSSR count). The molecule has 0 amide bonds. The van der Waals surface area contributed by atoms with Crippen molar-refractivity contribution >= 4 is 22.3 Å². The minimum atomic E-state index is 0.830. The van der Waals surface area contributed by atoms with E-state index in [1.54, 1.807) is 0 Å². The number of ether oxygens (including phenoxy) is 1. The first kappa shape index (κ1) is 15.9. The zero-order valence-corrected chi connectivity index (χ0v) is 15.0. The molecule has 0 fully saturated rings. The van der Waals surface area contributed by atoms with Crippen LogP contribution >= 0.6 is 0 Å². The van der Waals surface area contributed by atoms with Crippen LogP contribution in [0.3, 0.4) is 0 Å². The Morgan fingerprint density at radius 3 is 2.33 bits per heavy atom. The first-order valence-corrected chi connectivity index (χ1v) is 9.37. The second-order valence-electron chi connectivity index (χ2n) is 6.85. The van der Waals surface area contributed by atoms with Gasteiger partial charge >= 0.3 is 0 Å². The molecule has 1 aliphatic rings. The summed E-state index contributed by atoms with van der Waals surface area (Å²) < 4.78 is 5.89. The zero-order valence-electron chi connectivity index (χ0n) is 15.0. The topological polar surface area (TPSA) is 34.1 Å². The molecule has 132 valence electrons. The number of aryl methyl sites for hydroxylation is 1. The molecular formula is C24H20N2O. The van der Waals surface area contributed by atoms with E-state index in [1.165, 1.54) is 28.8 Å². The van der Waals surface area contributed by atoms with Crippen molar-refractivity contribution in [3.63, 3.8) is 0 Å². The van der Waals surface area contributed by atoms with Crippen LogP contribution in [-0.2, 0) is 12.8 Å². The average molecular weight is 352 g/mol. The predicted molar refractivity (Wildman–Crippen MR) is 110 cm³/mol. The zero-order chi connectivity index (χ0) is 18.1. The van der Waals surface area contributed by atoms with Crippen LogP contribution in [0.25, 0.3) is 10.9 Å². The predicted octanol–water partition coefficient (Wildman–Crippen LogP) is 6.26. The minimum absolute atomic E-state index is 0.830. The number of anilines is 2. The second-order valence-corrected chi connectivity index (χ2v) is 6.85. The lowest BCUT2D eigenvalue weighted by molar-refractivity contribution is 0.483. The van der Waals surface area contributed by atoms with Gasteiger partial charge in [-0.05, 0) is 67.3 Å². The molecule has 0 radical (unpaired) electrons. The van der Waals surface area contributed by atoms with Gasteiger partial charge in [0.25, 0.3) is 0 Å². The molecule has 1 aliphatic carbocycles. The number of hydrogen-bond donors (Lipinski definition) is 1. The van der Waals surface area contributed by atoms with E-state index in [0.29, 0.717) is 0 Å². The Kier molecular flexibility index (Phi) is 3.98. The summed E-state index contributed by atoms with van der Waals surface area (Å²) in [6, 6.07) is 26.3. The Morgan fingerprint density at radius 2 is 1.48 bits per heavy atom. The van der Waals surface area contributed by atoms with Crippen molar-refractivity contribution in [3.05, 3.63) is 90.1 Å². The average Bonchev–Trinajstić information content (AvgIpc) is 3.18. The van der Waals surface area contributed by atoms with Gasteiger partial charge in [0, 0.05) is 16.8 Å². The molecule has 0 saturated carbocycles. The number of fused-ring (bicyclic) bond motifs is 2. The molecule has 0 atom stereocenters. The second kappa shape index (κ2) is 6.76. The fourth-order valence-electron chi connectivity index (χ4n) is 3.73. The SMILES string of the molecule is c1ccc(Oc2ccc(Nc3c4c(nc5ccccc35)CCC4)cc2)cc1. The van der Waals surface area contributed by atoms with Gasteiger partial charge in [0.15, 0.2) is 0 Å². The number of nitrogens with zero attached hydrogens (tertiary/aromatic N) is 1. The quantitative estimate of drug-likeness (QED) is 0.471. The van der Waals surface area contributed by atoms with Crippen LogP contribution in [0.4, 0.5) is 11.4 Å². The largest absolute Gasteiger partial charge is 0.457 e. The molecule has 27 heavy (non-hydrogen) atoms. The van der Waals surface area contributed by atoms with Crippen molar-refractivity contribution < 1.29 is 4.74 Å². The van der Waals surface area contributed by atoms with Gasteiger partial charge < -0.3 is 10.1 Å². The van der Waals surface area contributed by atoms with E-state index < -0.39 is 0 Å². The van der Waals surface area contributed by atoms with Crippen LogP contribution in [-0.4, -0.2) is 4.98 Å². The molecule has 1 heterocycles. The highest BCUT2D eigenvalue weighted by molar-refractivity contribution is 5.95. The van der Waals surface area contributed by atoms with E-state index in [-0.39, 0.29) is 0 Å². The third-order valence-electron chi connectivity index (χ3n) is 5.02. The van der Waals surface area contributed by atoms with Crippen molar-refractivity contribution in [1.82, 2.24) is 4.98 Å². The van der Waals surface area contributed by atoms with Crippen LogP contribution in [0.15, 0.2) is 78.9 Å². The Balaban J connectivity index is 1.46. The highest BCUT2D eigenvalue weighted by Gasteiger charge is 2.19. The molecule has 1 aromatic heterocycles. The molecule has 3 heteroatoms. The fourth-order valence-corrected chi connectivity index (χ4v) is 3.73. The molecule has 3 aromatic carbocycles. The summed E-state index contributed by atoms with van der Waals surface area (Å²) in [5.41, 5.74) is 5.91. The Bertz CT molecular complexity index is 1090. The highest BCUT2D eigenvalue weighted by Crippen LogP contribution is 2.36. The van der Waals surface area contributed by atoms with Crippen LogP contribution < -0.4 is 10.1 Å². The van der Waals surface area contributed by atoms with Gasteiger partial charge in [-0.1, -0.05) is 36.4 Å². The highest BCUT2D eigenvalue weighted by atomic mass is 16.5. The van der Waals surface area contributed by atoms with Crippen LogP contribution in [0.2, 0.25) is 0 Å². The van der Waals surface area contributed by atoms with E-state index in [9.17, 15) is 0 Å². The molecular weight excluding hydrogens is 332 g/mol. The maximum atomic E-state index is 5.89. The van der Waals surface area contributed by atoms with Gasteiger partial charge in [0.05, 0.1) is 11.2 Å². The van der Waals surface area contributed by atoms with Gasteiger partial charge in [-0.2, -0.15) is 0 Å². The summed E-state index contributed by atoms with van der Waals surface area (Å²) >= 11 is 0. The Labute approximate surface area is 158 Å².